The minimum Gasteiger partial charge on any atom is -0.390 e. The number of benzene rings is 1. The van der Waals surface area contributed by atoms with Crippen molar-refractivity contribution in [2.45, 2.75) is 25.5 Å². The summed E-state index contributed by atoms with van der Waals surface area (Å²) in [5, 5.41) is 24.4. The van der Waals surface area contributed by atoms with Crippen molar-refractivity contribution in [1.82, 2.24) is 15.5 Å². The number of carbonyl (C=O) groups excluding carboxylic acids is 1. The number of nitrogens with one attached hydrogen (secondary N) is 2. The standard InChI is InChI=1S/C13H14N4O2S/c1-7-16-17-13(20-7)15-12(19)14-11-9-5-3-2-4-8(9)6-10(11)18/h2-5,10-11,18H,6H2,1H3,(H2,14,15,17,19)/t10-,11+/m0/s1. The van der Waals surface area contributed by atoms with Gasteiger partial charge in [0.1, 0.15) is 5.01 Å². The van der Waals surface area contributed by atoms with Crippen LogP contribution in [0, 0.1) is 6.92 Å². The van der Waals surface area contributed by atoms with Crippen LogP contribution in [-0.2, 0) is 6.42 Å². The molecule has 0 fully saturated rings. The Morgan fingerprint density at radius 2 is 2.20 bits per heavy atom. The van der Waals surface area contributed by atoms with E-state index in [4.69, 9.17) is 0 Å². The molecule has 1 aliphatic rings. The fraction of sp³-hybridized carbons (Fsp3) is 0.308. The Bertz CT molecular complexity index is 643. The Morgan fingerprint density at radius 1 is 1.40 bits per heavy atom. The Kier molecular flexibility index (Phi) is 3.37. The van der Waals surface area contributed by atoms with Crippen molar-refractivity contribution in [2.24, 2.45) is 0 Å². The van der Waals surface area contributed by atoms with Crippen LogP contribution in [0.4, 0.5) is 9.93 Å². The highest BCUT2D eigenvalue weighted by Crippen LogP contribution is 2.31. The van der Waals surface area contributed by atoms with Crippen molar-refractivity contribution in [1.29, 1.82) is 0 Å². The summed E-state index contributed by atoms with van der Waals surface area (Å²) in [6.45, 7) is 1.82. The van der Waals surface area contributed by atoms with Crippen LogP contribution < -0.4 is 10.6 Å². The molecule has 2 aromatic rings. The second kappa shape index (κ2) is 5.18. The number of aliphatic hydroxyl groups excluding tert-OH is 1. The summed E-state index contributed by atoms with van der Waals surface area (Å²) in [5.74, 6) is 0. The predicted molar refractivity (Wildman–Crippen MR) is 75.7 cm³/mol. The third kappa shape index (κ3) is 2.50. The van der Waals surface area contributed by atoms with E-state index in [1.54, 1.807) is 0 Å². The van der Waals surface area contributed by atoms with E-state index in [1.807, 2.05) is 31.2 Å². The molecule has 1 aromatic heterocycles. The first kappa shape index (κ1) is 13.0. The third-order valence-corrected chi connectivity index (χ3v) is 3.99. The van der Waals surface area contributed by atoms with Gasteiger partial charge in [-0.05, 0) is 18.1 Å². The Morgan fingerprint density at radius 3 is 2.95 bits per heavy atom. The Balaban J connectivity index is 1.70. The van der Waals surface area contributed by atoms with E-state index < -0.39 is 6.10 Å². The number of aliphatic hydroxyl groups is 1. The van der Waals surface area contributed by atoms with E-state index in [0.717, 1.165) is 16.1 Å². The molecular formula is C13H14N4O2S. The number of urea groups is 1. The molecule has 0 saturated carbocycles. The molecule has 20 heavy (non-hydrogen) atoms. The van der Waals surface area contributed by atoms with Crippen molar-refractivity contribution < 1.29 is 9.90 Å². The summed E-state index contributed by atoms with van der Waals surface area (Å²) in [6.07, 6.45) is -0.0479. The molecule has 3 N–H and O–H groups in total. The first-order chi connectivity index (χ1) is 9.63. The van der Waals surface area contributed by atoms with E-state index >= 15 is 0 Å². The quantitative estimate of drug-likeness (QED) is 0.784. The van der Waals surface area contributed by atoms with Gasteiger partial charge in [-0.2, -0.15) is 0 Å². The second-order valence-electron chi connectivity index (χ2n) is 4.67. The molecule has 0 saturated heterocycles. The zero-order chi connectivity index (χ0) is 14.1. The van der Waals surface area contributed by atoms with Gasteiger partial charge in [0.05, 0.1) is 12.1 Å². The predicted octanol–water partition coefficient (Wildman–Crippen LogP) is 1.63. The molecule has 0 spiro atoms. The molecule has 0 unspecified atom stereocenters. The fourth-order valence-electron chi connectivity index (χ4n) is 2.37. The van der Waals surface area contributed by atoms with Crippen molar-refractivity contribution in [3.8, 4) is 0 Å². The van der Waals surface area contributed by atoms with Gasteiger partial charge < -0.3 is 10.4 Å². The lowest BCUT2D eigenvalue weighted by Gasteiger charge is -2.17. The zero-order valence-electron chi connectivity index (χ0n) is 10.8. The molecule has 2 amide bonds. The minimum absolute atomic E-state index is 0.387. The molecule has 1 aromatic carbocycles. The fourth-order valence-corrected chi connectivity index (χ4v) is 2.96. The van der Waals surface area contributed by atoms with Crippen molar-refractivity contribution in [3.05, 3.63) is 40.4 Å². The number of hydrogen-bond acceptors (Lipinski definition) is 5. The van der Waals surface area contributed by atoms with Crippen LogP contribution in [-0.4, -0.2) is 27.4 Å². The highest BCUT2D eigenvalue weighted by Gasteiger charge is 2.31. The molecule has 7 heteroatoms. The summed E-state index contributed by atoms with van der Waals surface area (Å²) in [5.41, 5.74) is 2.03. The van der Waals surface area contributed by atoms with Gasteiger partial charge in [-0.1, -0.05) is 35.6 Å². The summed E-state index contributed by atoms with van der Waals surface area (Å²) in [7, 11) is 0. The molecule has 0 radical (unpaired) electrons. The van der Waals surface area contributed by atoms with Crippen molar-refractivity contribution >= 4 is 22.5 Å². The maximum absolute atomic E-state index is 11.9. The first-order valence-electron chi connectivity index (χ1n) is 6.27. The van der Waals surface area contributed by atoms with Gasteiger partial charge >= 0.3 is 6.03 Å². The van der Waals surface area contributed by atoms with Crippen molar-refractivity contribution in [2.75, 3.05) is 5.32 Å². The number of aromatic nitrogens is 2. The van der Waals surface area contributed by atoms with Crippen LogP contribution in [0.2, 0.25) is 0 Å². The van der Waals surface area contributed by atoms with Gasteiger partial charge in [0.25, 0.3) is 0 Å². The number of carbonyl (C=O) groups is 1. The highest BCUT2D eigenvalue weighted by molar-refractivity contribution is 7.15. The molecule has 0 bridgehead atoms. The summed E-state index contributed by atoms with van der Waals surface area (Å²) < 4.78 is 0. The van der Waals surface area contributed by atoms with Gasteiger partial charge in [-0.25, -0.2) is 4.79 Å². The van der Waals surface area contributed by atoms with Crippen molar-refractivity contribution in [3.63, 3.8) is 0 Å². The van der Waals surface area contributed by atoms with E-state index in [0.29, 0.717) is 11.6 Å². The molecule has 6 nitrogen and oxygen atoms in total. The number of amides is 2. The van der Waals surface area contributed by atoms with Gasteiger partial charge in [-0.15, -0.1) is 10.2 Å². The van der Waals surface area contributed by atoms with E-state index in [9.17, 15) is 9.90 Å². The van der Waals surface area contributed by atoms with Gasteiger partial charge in [0.2, 0.25) is 5.13 Å². The molecule has 1 aliphatic carbocycles. The average Bonchev–Trinajstić information content (AvgIpc) is 2.94. The summed E-state index contributed by atoms with van der Waals surface area (Å²) >= 11 is 1.30. The SMILES string of the molecule is Cc1nnc(NC(=O)N[C@@H]2c3ccccc3C[C@@H]2O)s1. The molecule has 0 aliphatic heterocycles. The van der Waals surface area contributed by atoms with Crippen LogP contribution in [0.3, 0.4) is 0 Å². The van der Waals surface area contributed by atoms with Gasteiger partial charge in [0.15, 0.2) is 0 Å². The first-order valence-corrected chi connectivity index (χ1v) is 7.08. The zero-order valence-corrected chi connectivity index (χ0v) is 11.6. The topological polar surface area (TPSA) is 87.1 Å². The third-order valence-electron chi connectivity index (χ3n) is 3.24. The molecule has 1 heterocycles. The smallest absolute Gasteiger partial charge is 0.321 e. The number of rotatable bonds is 2. The lowest BCUT2D eigenvalue weighted by Crippen LogP contribution is -2.36. The van der Waals surface area contributed by atoms with Crippen LogP contribution in [0.15, 0.2) is 24.3 Å². The number of anilines is 1. The minimum atomic E-state index is -0.602. The number of nitrogens with zero attached hydrogens (tertiary/aromatic N) is 2. The number of fused-ring (bicyclic) bond motifs is 1. The Hall–Kier alpha value is -1.99. The normalized spacial score (nSPS) is 20.5. The van der Waals surface area contributed by atoms with E-state index in [-0.39, 0.29) is 12.1 Å². The number of hydrogen-bond donors (Lipinski definition) is 3. The molecule has 3 rings (SSSR count). The lowest BCUT2D eigenvalue weighted by molar-refractivity contribution is 0.144. The molecule has 104 valence electrons. The molecular weight excluding hydrogens is 276 g/mol. The van der Waals surface area contributed by atoms with Crippen LogP contribution in [0.25, 0.3) is 0 Å². The second-order valence-corrected chi connectivity index (χ2v) is 5.85. The lowest BCUT2D eigenvalue weighted by atomic mass is 10.1. The highest BCUT2D eigenvalue weighted by atomic mass is 32.1. The van der Waals surface area contributed by atoms with Crippen LogP contribution >= 0.6 is 11.3 Å². The van der Waals surface area contributed by atoms with Gasteiger partial charge in [-0.3, -0.25) is 5.32 Å². The number of aryl methyl sites for hydroxylation is 1. The summed E-state index contributed by atoms with van der Waals surface area (Å²) in [6, 6.07) is 6.94. The average molecular weight is 290 g/mol. The van der Waals surface area contributed by atoms with Crippen LogP contribution in [0.1, 0.15) is 22.2 Å². The monoisotopic (exact) mass is 290 g/mol. The maximum Gasteiger partial charge on any atom is 0.321 e. The van der Waals surface area contributed by atoms with E-state index in [1.165, 1.54) is 11.3 Å². The molecule has 2 atom stereocenters. The van der Waals surface area contributed by atoms with Gasteiger partial charge in [0, 0.05) is 6.42 Å². The largest absolute Gasteiger partial charge is 0.390 e. The van der Waals surface area contributed by atoms with E-state index in [2.05, 4.69) is 20.8 Å². The maximum atomic E-state index is 11.9. The van der Waals surface area contributed by atoms with Crippen LogP contribution in [0.5, 0.6) is 0 Å². The summed E-state index contributed by atoms with van der Waals surface area (Å²) in [4.78, 5) is 11.9. The Labute approximate surface area is 119 Å².